The SMILES string of the molecule is Nc1cc(C2CCN[C@H]3CC[C@@H](COc4cccc(c4)Cn4cc2cn4)C3)c2nn[nH]c2n1. The molecule has 0 amide bonds. The molecular weight excluding hydrogens is 416 g/mol. The van der Waals surface area contributed by atoms with Crippen LogP contribution in [0.4, 0.5) is 5.82 Å². The monoisotopic (exact) mass is 444 g/mol. The number of nitrogen functional groups attached to an aromatic ring is 1. The Hall–Kier alpha value is -3.46. The number of hydrogen-bond donors (Lipinski definition) is 3. The Balaban J connectivity index is 1.38. The van der Waals surface area contributed by atoms with E-state index in [9.17, 15) is 0 Å². The summed E-state index contributed by atoms with van der Waals surface area (Å²) in [6, 6.07) is 10.8. The summed E-state index contributed by atoms with van der Waals surface area (Å²) in [7, 11) is 0. The Morgan fingerprint density at radius 3 is 3.09 bits per heavy atom. The minimum absolute atomic E-state index is 0.0870. The first-order valence-electron chi connectivity index (χ1n) is 11.7. The van der Waals surface area contributed by atoms with Crippen LogP contribution in [0, 0.1) is 5.92 Å². The Morgan fingerprint density at radius 2 is 2.12 bits per heavy atom. The van der Waals surface area contributed by atoms with Crippen LogP contribution in [0.1, 0.15) is 48.3 Å². The van der Waals surface area contributed by atoms with Gasteiger partial charge in [0.05, 0.1) is 19.3 Å². The van der Waals surface area contributed by atoms with Crippen LogP contribution in [-0.2, 0) is 6.54 Å². The molecule has 1 aliphatic carbocycles. The van der Waals surface area contributed by atoms with E-state index in [2.05, 4.69) is 55.2 Å². The van der Waals surface area contributed by atoms with Gasteiger partial charge < -0.3 is 15.8 Å². The Morgan fingerprint density at radius 1 is 1.15 bits per heavy atom. The summed E-state index contributed by atoms with van der Waals surface area (Å²) >= 11 is 0. The Labute approximate surface area is 191 Å². The highest BCUT2D eigenvalue weighted by atomic mass is 16.5. The second kappa shape index (κ2) is 8.47. The van der Waals surface area contributed by atoms with Crippen LogP contribution in [0.5, 0.6) is 5.75 Å². The van der Waals surface area contributed by atoms with E-state index in [-0.39, 0.29) is 5.92 Å². The maximum Gasteiger partial charge on any atom is 0.178 e. The maximum atomic E-state index is 6.14. The zero-order valence-electron chi connectivity index (χ0n) is 18.4. The summed E-state index contributed by atoms with van der Waals surface area (Å²) in [4.78, 5) is 4.35. The maximum absolute atomic E-state index is 6.14. The van der Waals surface area contributed by atoms with E-state index in [0.717, 1.165) is 48.4 Å². The first-order chi connectivity index (χ1) is 16.2. The number of aromatic amines is 1. The lowest BCUT2D eigenvalue weighted by Gasteiger charge is -2.19. The third kappa shape index (κ3) is 4.16. The highest BCUT2D eigenvalue weighted by Gasteiger charge is 2.26. The van der Waals surface area contributed by atoms with Crippen molar-refractivity contribution >= 4 is 17.0 Å². The number of anilines is 1. The zero-order valence-corrected chi connectivity index (χ0v) is 18.4. The molecule has 33 heavy (non-hydrogen) atoms. The number of nitrogens with one attached hydrogen (secondary N) is 2. The lowest BCUT2D eigenvalue weighted by atomic mass is 9.90. The number of H-pyrrole nitrogens is 1. The molecule has 1 fully saturated rings. The number of fused-ring (bicyclic) bond motifs is 7. The molecule has 9 nitrogen and oxygen atoms in total. The fourth-order valence-electron chi connectivity index (χ4n) is 5.28. The number of nitrogens with two attached hydrogens (primary N) is 1. The second-order valence-electron chi connectivity index (χ2n) is 9.25. The van der Waals surface area contributed by atoms with Gasteiger partial charge in [0.15, 0.2) is 5.65 Å². The summed E-state index contributed by atoms with van der Waals surface area (Å²) in [5, 5.41) is 19.6. The number of nitrogens with zero attached hydrogens (tertiary/aromatic N) is 5. The third-order valence-electron chi connectivity index (χ3n) is 6.91. The first kappa shape index (κ1) is 20.2. The number of aromatic nitrogens is 6. The number of hydrogen-bond acceptors (Lipinski definition) is 7. The van der Waals surface area contributed by atoms with Gasteiger partial charge in [0.25, 0.3) is 0 Å². The highest BCUT2D eigenvalue weighted by molar-refractivity contribution is 5.77. The van der Waals surface area contributed by atoms with Gasteiger partial charge in [0.1, 0.15) is 17.1 Å². The van der Waals surface area contributed by atoms with E-state index in [1.54, 1.807) is 0 Å². The molecule has 9 heteroatoms. The minimum Gasteiger partial charge on any atom is -0.493 e. The van der Waals surface area contributed by atoms with Crippen molar-refractivity contribution in [2.75, 3.05) is 18.9 Å². The second-order valence-corrected chi connectivity index (χ2v) is 9.25. The Kier molecular flexibility index (Phi) is 5.18. The van der Waals surface area contributed by atoms with Crippen molar-refractivity contribution in [3.05, 3.63) is 59.4 Å². The smallest absolute Gasteiger partial charge is 0.178 e. The molecule has 2 aliphatic rings. The summed E-state index contributed by atoms with van der Waals surface area (Å²) in [6.07, 6.45) is 8.52. The topological polar surface area (TPSA) is 120 Å². The first-order valence-corrected chi connectivity index (χ1v) is 11.7. The van der Waals surface area contributed by atoms with Crippen LogP contribution in [0.3, 0.4) is 0 Å². The van der Waals surface area contributed by atoms with Gasteiger partial charge in [-0.15, -0.1) is 5.10 Å². The summed E-state index contributed by atoms with van der Waals surface area (Å²) in [6.45, 7) is 2.36. The summed E-state index contributed by atoms with van der Waals surface area (Å²) < 4.78 is 8.12. The van der Waals surface area contributed by atoms with E-state index in [1.807, 2.05) is 23.0 Å². The van der Waals surface area contributed by atoms with Gasteiger partial charge >= 0.3 is 0 Å². The molecule has 4 heterocycles. The molecule has 3 aromatic heterocycles. The number of ether oxygens (including phenoxy) is 1. The van der Waals surface area contributed by atoms with Crippen molar-refractivity contribution in [1.82, 2.24) is 35.5 Å². The molecule has 1 aromatic carbocycles. The van der Waals surface area contributed by atoms with Crippen LogP contribution in [0.2, 0.25) is 0 Å². The molecular formula is C24H28N8O. The van der Waals surface area contributed by atoms with Crippen molar-refractivity contribution in [1.29, 1.82) is 0 Å². The lowest BCUT2D eigenvalue weighted by Crippen LogP contribution is -2.29. The molecule has 4 aromatic rings. The largest absolute Gasteiger partial charge is 0.493 e. The zero-order chi connectivity index (χ0) is 22.2. The molecule has 4 N–H and O–H groups in total. The van der Waals surface area contributed by atoms with Gasteiger partial charge in [-0.05, 0) is 73.0 Å². The average Bonchev–Trinajstić information content (AvgIpc) is 3.56. The molecule has 0 spiro atoms. The molecule has 0 saturated heterocycles. The number of rotatable bonds is 1. The fraction of sp³-hybridized carbons (Fsp3) is 0.417. The van der Waals surface area contributed by atoms with E-state index in [1.165, 1.54) is 18.4 Å². The highest BCUT2D eigenvalue weighted by Crippen LogP contribution is 2.33. The predicted molar refractivity (Wildman–Crippen MR) is 125 cm³/mol. The number of benzene rings is 1. The van der Waals surface area contributed by atoms with Crippen LogP contribution in [-0.4, -0.2) is 49.4 Å². The van der Waals surface area contributed by atoms with Gasteiger partial charge in [-0.3, -0.25) is 4.68 Å². The van der Waals surface area contributed by atoms with Gasteiger partial charge in [-0.2, -0.15) is 5.10 Å². The normalized spacial score (nSPS) is 23.5. The van der Waals surface area contributed by atoms with Gasteiger partial charge in [-0.25, -0.2) is 10.1 Å². The molecule has 170 valence electrons. The molecule has 6 rings (SSSR count). The molecule has 0 radical (unpaired) electrons. The van der Waals surface area contributed by atoms with E-state index >= 15 is 0 Å². The lowest BCUT2D eigenvalue weighted by molar-refractivity contribution is 0.249. The minimum atomic E-state index is 0.0870. The van der Waals surface area contributed by atoms with Crippen molar-refractivity contribution in [2.45, 2.75) is 44.2 Å². The fourth-order valence-corrected chi connectivity index (χ4v) is 5.28. The van der Waals surface area contributed by atoms with Gasteiger partial charge in [0, 0.05) is 18.2 Å². The quantitative estimate of drug-likeness (QED) is 0.413. The molecule has 3 atom stereocenters. The Bertz CT molecular complexity index is 1260. The number of pyridine rings is 1. The molecule has 1 saturated carbocycles. The van der Waals surface area contributed by atoms with Gasteiger partial charge in [0.2, 0.25) is 0 Å². The van der Waals surface area contributed by atoms with Crippen molar-refractivity contribution in [3.63, 3.8) is 0 Å². The van der Waals surface area contributed by atoms with Crippen LogP contribution in [0.15, 0.2) is 42.7 Å². The third-order valence-corrected chi connectivity index (χ3v) is 6.91. The van der Waals surface area contributed by atoms with Crippen LogP contribution < -0.4 is 15.8 Å². The van der Waals surface area contributed by atoms with Crippen molar-refractivity contribution < 1.29 is 4.74 Å². The average molecular weight is 445 g/mol. The molecule has 1 unspecified atom stereocenters. The standard InChI is InChI=1S/C24H28N8O/c25-22-10-21(23-24(28-22)30-31-29-23)20-6-7-26-18-5-4-16(8-18)14-33-19-3-1-2-15(9-19)12-32-13-17(20)11-27-32/h1-3,9-11,13,16,18,20,26H,4-8,12,14H2,(H3,25,28,29,30,31)/t16-,18+,20?/m1/s1. The van der Waals surface area contributed by atoms with E-state index < -0.39 is 0 Å². The van der Waals surface area contributed by atoms with Gasteiger partial charge in [-0.1, -0.05) is 17.3 Å². The predicted octanol–water partition coefficient (Wildman–Crippen LogP) is 2.85. The molecule has 1 aliphatic heterocycles. The summed E-state index contributed by atoms with van der Waals surface area (Å²) in [5.41, 5.74) is 10.9. The van der Waals surface area contributed by atoms with Crippen molar-refractivity contribution in [2.24, 2.45) is 5.92 Å². The van der Waals surface area contributed by atoms with Crippen LogP contribution in [0.25, 0.3) is 11.2 Å². The summed E-state index contributed by atoms with van der Waals surface area (Å²) in [5.74, 6) is 2.08. The van der Waals surface area contributed by atoms with E-state index in [4.69, 9.17) is 10.5 Å². The molecule has 6 bridgehead atoms. The van der Waals surface area contributed by atoms with Crippen LogP contribution >= 0.6 is 0 Å². The van der Waals surface area contributed by atoms with E-state index in [0.29, 0.717) is 30.0 Å². The van der Waals surface area contributed by atoms with Crippen molar-refractivity contribution in [3.8, 4) is 5.75 Å².